The third-order valence-electron chi connectivity index (χ3n) is 5.66. The summed E-state index contributed by atoms with van der Waals surface area (Å²) in [7, 11) is 1.67. The second kappa shape index (κ2) is 8.08. The molecular formula is C20H27N5O2. The Bertz CT molecular complexity index is 795. The Balaban J connectivity index is 1.31. The summed E-state index contributed by atoms with van der Waals surface area (Å²) < 4.78 is 7.64. The van der Waals surface area contributed by atoms with Gasteiger partial charge in [-0.2, -0.15) is 0 Å². The van der Waals surface area contributed by atoms with E-state index in [9.17, 15) is 4.79 Å². The van der Waals surface area contributed by atoms with Crippen LogP contribution in [0.4, 0.5) is 0 Å². The van der Waals surface area contributed by atoms with E-state index >= 15 is 0 Å². The molecule has 1 aromatic heterocycles. The lowest BCUT2D eigenvalue weighted by atomic mass is 9.95. The molecule has 0 atom stereocenters. The number of aromatic nitrogens is 3. The molecule has 144 valence electrons. The van der Waals surface area contributed by atoms with Gasteiger partial charge in [-0.1, -0.05) is 18.2 Å². The minimum Gasteiger partial charge on any atom is -0.496 e. The molecule has 1 amide bonds. The first-order valence-corrected chi connectivity index (χ1v) is 9.78. The number of nitrogens with zero attached hydrogens (tertiary/aromatic N) is 4. The average molecular weight is 369 g/mol. The first kappa shape index (κ1) is 18.0. The Morgan fingerprint density at radius 2 is 2.04 bits per heavy atom. The predicted molar refractivity (Wildman–Crippen MR) is 102 cm³/mol. The number of aryl methyl sites for hydroxylation is 1. The molecule has 3 heterocycles. The van der Waals surface area contributed by atoms with E-state index in [1.807, 2.05) is 29.2 Å². The Labute approximate surface area is 159 Å². The van der Waals surface area contributed by atoms with Crippen LogP contribution in [-0.4, -0.2) is 52.3 Å². The molecule has 7 heteroatoms. The normalized spacial score (nSPS) is 17.6. The highest BCUT2D eigenvalue weighted by Crippen LogP contribution is 2.28. The Morgan fingerprint density at radius 1 is 1.22 bits per heavy atom. The van der Waals surface area contributed by atoms with Crippen molar-refractivity contribution in [2.24, 2.45) is 0 Å². The predicted octanol–water partition coefficient (Wildman–Crippen LogP) is 1.73. The van der Waals surface area contributed by atoms with Crippen molar-refractivity contribution in [2.75, 3.05) is 26.7 Å². The minimum atomic E-state index is 0.229. The number of amides is 1. The summed E-state index contributed by atoms with van der Waals surface area (Å²) in [5.74, 6) is 3.63. The number of methoxy groups -OCH3 is 1. The largest absolute Gasteiger partial charge is 0.496 e. The highest BCUT2D eigenvalue weighted by Gasteiger charge is 2.28. The maximum Gasteiger partial charge on any atom is 0.222 e. The smallest absolute Gasteiger partial charge is 0.222 e. The molecule has 2 aliphatic rings. The van der Waals surface area contributed by atoms with Gasteiger partial charge in [0.25, 0.3) is 0 Å². The van der Waals surface area contributed by atoms with E-state index in [-0.39, 0.29) is 5.91 Å². The van der Waals surface area contributed by atoms with Crippen LogP contribution in [0, 0.1) is 0 Å². The highest BCUT2D eigenvalue weighted by molar-refractivity contribution is 5.76. The number of carbonyl (C=O) groups excluding carboxylic acids is 1. The van der Waals surface area contributed by atoms with Crippen LogP contribution in [0.1, 0.15) is 42.4 Å². The van der Waals surface area contributed by atoms with Crippen molar-refractivity contribution < 1.29 is 9.53 Å². The van der Waals surface area contributed by atoms with Crippen molar-refractivity contribution in [1.29, 1.82) is 0 Å². The number of para-hydroxylation sites is 1. The third-order valence-corrected chi connectivity index (χ3v) is 5.66. The number of nitrogens with one attached hydrogen (secondary N) is 1. The topological polar surface area (TPSA) is 72.3 Å². The third kappa shape index (κ3) is 3.83. The summed E-state index contributed by atoms with van der Waals surface area (Å²) in [6, 6.07) is 7.92. The first-order chi connectivity index (χ1) is 13.3. The molecule has 27 heavy (non-hydrogen) atoms. The minimum absolute atomic E-state index is 0.229. The van der Waals surface area contributed by atoms with Crippen LogP contribution >= 0.6 is 0 Å². The van der Waals surface area contributed by atoms with Gasteiger partial charge >= 0.3 is 0 Å². The van der Waals surface area contributed by atoms with E-state index in [0.29, 0.717) is 18.8 Å². The molecule has 1 fully saturated rings. The van der Waals surface area contributed by atoms with E-state index in [1.54, 1.807) is 7.11 Å². The van der Waals surface area contributed by atoms with E-state index in [1.165, 1.54) is 0 Å². The molecule has 0 radical (unpaired) electrons. The molecular weight excluding hydrogens is 342 g/mol. The number of fused-ring (bicyclic) bond motifs is 1. The zero-order valence-electron chi connectivity index (χ0n) is 15.9. The van der Waals surface area contributed by atoms with Crippen LogP contribution in [0.15, 0.2) is 24.3 Å². The maximum absolute atomic E-state index is 12.6. The van der Waals surface area contributed by atoms with E-state index in [4.69, 9.17) is 4.74 Å². The second-order valence-corrected chi connectivity index (χ2v) is 7.27. The number of benzene rings is 1. The van der Waals surface area contributed by atoms with Gasteiger partial charge in [0, 0.05) is 38.5 Å². The SMILES string of the molecule is COc1ccccc1CCC(=O)N1CCC(c2nnc3n2CCNC3)CC1. The van der Waals surface area contributed by atoms with Gasteiger partial charge in [0.1, 0.15) is 17.4 Å². The van der Waals surface area contributed by atoms with Gasteiger partial charge in [-0.3, -0.25) is 4.79 Å². The van der Waals surface area contributed by atoms with Gasteiger partial charge in [0.2, 0.25) is 5.91 Å². The highest BCUT2D eigenvalue weighted by atomic mass is 16.5. The summed E-state index contributed by atoms with van der Waals surface area (Å²) in [5.41, 5.74) is 1.09. The van der Waals surface area contributed by atoms with Crippen LogP contribution < -0.4 is 10.1 Å². The lowest BCUT2D eigenvalue weighted by Crippen LogP contribution is -2.39. The van der Waals surface area contributed by atoms with Crippen LogP contribution in [0.2, 0.25) is 0 Å². The molecule has 1 saturated heterocycles. The summed E-state index contributed by atoms with van der Waals surface area (Å²) in [4.78, 5) is 14.6. The Hall–Kier alpha value is -2.41. The monoisotopic (exact) mass is 369 g/mol. The Kier molecular flexibility index (Phi) is 5.38. The van der Waals surface area contributed by atoms with Gasteiger partial charge in [-0.05, 0) is 30.9 Å². The van der Waals surface area contributed by atoms with Crippen molar-refractivity contribution in [2.45, 2.75) is 44.7 Å². The summed E-state index contributed by atoms with van der Waals surface area (Å²) in [5, 5.41) is 12.1. The van der Waals surface area contributed by atoms with Gasteiger partial charge in [-0.25, -0.2) is 0 Å². The van der Waals surface area contributed by atoms with Gasteiger partial charge < -0.3 is 19.5 Å². The van der Waals surface area contributed by atoms with Crippen molar-refractivity contribution in [3.63, 3.8) is 0 Å². The number of piperidine rings is 1. The summed E-state index contributed by atoms with van der Waals surface area (Å²) >= 11 is 0. The number of likely N-dealkylation sites (tertiary alicyclic amines) is 1. The summed E-state index contributed by atoms with van der Waals surface area (Å²) in [6.07, 6.45) is 3.17. The maximum atomic E-state index is 12.6. The zero-order chi connectivity index (χ0) is 18.6. The van der Waals surface area contributed by atoms with Crippen molar-refractivity contribution in [3.05, 3.63) is 41.5 Å². The van der Waals surface area contributed by atoms with Crippen molar-refractivity contribution in [1.82, 2.24) is 25.0 Å². The van der Waals surface area contributed by atoms with Crippen LogP contribution in [0.25, 0.3) is 0 Å². The van der Waals surface area contributed by atoms with Crippen LogP contribution in [0.3, 0.4) is 0 Å². The standard InChI is InChI=1S/C20H27N5O2/c1-27-17-5-3-2-4-15(17)6-7-19(26)24-11-8-16(9-12-24)20-23-22-18-14-21-10-13-25(18)20/h2-5,16,21H,6-14H2,1H3. The molecule has 2 aliphatic heterocycles. The first-order valence-electron chi connectivity index (χ1n) is 9.78. The quantitative estimate of drug-likeness (QED) is 0.869. The number of hydrogen-bond donors (Lipinski definition) is 1. The number of hydrogen-bond acceptors (Lipinski definition) is 5. The lowest BCUT2D eigenvalue weighted by molar-refractivity contribution is -0.132. The van der Waals surface area contributed by atoms with Crippen LogP contribution in [-0.2, 0) is 24.3 Å². The van der Waals surface area contributed by atoms with Crippen LogP contribution in [0.5, 0.6) is 5.75 Å². The molecule has 1 N–H and O–H groups in total. The number of carbonyl (C=O) groups is 1. The number of ether oxygens (including phenoxy) is 1. The van der Waals surface area contributed by atoms with E-state index in [0.717, 1.165) is 68.5 Å². The molecule has 0 bridgehead atoms. The fourth-order valence-electron chi connectivity index (χ4n) is 4.11. The van der Waals surface area contributed by atoms with Gasteiger partial charge in [-0.15, -0.1) is 10.2 Å². The van der Waals surface area contributed by atoms with Gasteiger partial charge in [0.15, 0.2) is 0 Å². The van der Waals surface area contributed by atoms with E-state index in [2.05, 4.69) is 20.1 Å². The summed E-state index contributed by atoms with van der Waals surface area (Å²) in [6.45, 7) is 4.31. The lowest BCUT2D eigenvalue weighted by Gasteiger charge is -2.32. The average Bonchev–Trinajstić information content (AvgIpc) is 3.16. The molecule has 4 rings (SSSR count). The fourth-order valence-corrected chi connectivity index (χ4v) is 4.11. The van der Waals surface area contributed by atoms with Gasteiger partial charge in [0.05, 0.1) is 13.7 Å². The molecule has 2 aromatic rings. The molecule has 1 aromatic carbocycles. The van der Waals surface area contributed by atoms with E-state index < -0.39 is 0 Å². The Morgan fingerprint density at radius 3 is 2.85 bits per heavy atom. The molecule has 0 aliphatic carbocycles. The molecule has 7 nitrogen and oxygen atoms in total. The molecule has 0 spiro atoms. The molecule has 0 saturated carbocycles. The molecule has 0 unspecified atom stereocenters. The second-order valence-electron chi connectivity index (χ2n) is 7.27. The fraction of sp³-hybridized carbons (Fsp3) is 0.550. The number of rotatable bonds is 5. The van der Waals surface area contributed by atoms with Crippen molar-refractivity contribution in [3.8, 4) is 5.75 Å². The van der Waals surface area contributed by atoms with Crippen molar-refractivity contribution >= 4 is 5.91 Å². The zero-order valence-corrected chi connectivity index (χ0v) is 15.9.